The lowest BCUT2D eigenvalue weighted by Crippen LogP contribution is -2.07. The minimum absolute atomic E-state index is 0.0918. The Morgan fingerprint density at radius 3 is 2.74 bits per heavy atom. The molecule has 19 heavy (non-hydrogen) atoms. The van der Waals surface area contributed by atoms with Crippen molar-refractivity contribution in [2.45, 2.75) is 13.3 Å². The Morgan fingerprint density at radius 2 is 2.05 bits per heavy atom. The molecule has 0 aliphatic rings. The van der Waals surface area contributed by atoms with E-state index in [1.54, 1.807) is 23.5 Å². The summed E-state index contributed by atoms with van der Waals surface area (Å²) in [4.78, 5) is 21.3. The highest BCUT2D eigenvalue weighted by molar-refractivity contribution is 7.18. The molecule has 3 nitrogen and oxygen atoms in total. The number of aromatic amines is 1. The molecule has 2 aromatic heterocycles. The van der Waals surface area contributed by atoms with Gasteiger partial charge in [0.05, 0.1) is 5.39 Å². The molecule has 0 radical (unpaired) electrons. The van der Waals surface area contributed by atoms with Gasteiger partial charge >= 0.3 is 0 Å². The summed E-state index contributed by atoms with van der Waals surface area (Å²) in [6.07, 6.45) is 0.913. The number of rotatable bonds is 2. The van der Waals surface area contributed by atoms with Gasteiger partial charge in [-0.05, 0) is 36.8 Å². The van der Waals surface area contributed by atoms with Crippen LogP contribution in [-0.2, 0) is 6.42 Å². The second-order valence-corrected chi connectivity index (χ2v) is 5.76. The van der Waals surface area contributed by atoms with E-state index in [9.17, 15) is 4.79 Å². The Kier molecular flexibility index (Phi) is 3.12. The second-order valence-electron chi connectivity index (χ2n) is 4.21. The van der Waals surface area contributed by atoms with Crippen molar-refractivity contribution < 1.29 is 0 Å². The van der Waals surface area contributed by atoms with Crippen LogP contribution in [0.15, 0.2) is 35.1 Å². The third-order valence-corrected chi connectivity index (χ3v) is 4.34. The van der Waals surface area contributed by atoms with Crippen LogP contribution < -0.4 is 5.56 Å². The standard InChI is InChI=1S/C14H11ClN2OS/c1-2-10-7-11-13(18)16-12(17-14(11)19-10)8-3-5-9(15)6-4-8/h3-7H,2H2,1H3,(H,16,17,18). The van der Waals surface area contributed by atoms with Gasteiger partial charge in [0.2, 0.25) is 0 Å². The Hall–Kier alpha value is -1.65. The van der Waals surface area contributed by atoms with Crippen LogP contribution in [-0.4, -0.2) is 9.97 Å². The normalized spacial score (nSPS) is 11.1. The van der Waals surface area contributed by atoms with Crippen molar-refractivity contribution in [2.24, 2.45) is 0 Å². The van der Waals surface area contributed by atoms with Gasteiger partial charge < -0.3 is 4.98 Å². The van der Waals surface area contributed by atoms with Gasteiger partial charge in [-0.15, -0.1) is 11.3 Å². The number of nitrogens with one attached hydrogen (secondary N) is 1. The monoisotopic (exact) mass is 290 g/mol. The Morgan fingerprint density at radius 1 is 1.32 bits per heavy atom. The maximum absolute atomic E-state index is 12.1. The zero-order chi connectivity index (χ0) is 13.4. The lowest BCUT2D eigenvalue weighted by molar-refractivity contribution is 1.18. The van der Waals surface area contributed by atoms with Gasteiger partial charge in [0, 0.05) is 15.5 Å². The van der Waals surface area contributed by atoms with E-state index in [-0.39, 0.29) is 5.56 Å². The molecule has 2 heterocycles. The zero-order valence-corrected chi connectivity index (χ0v) is 11.8. The largest absolute Gasteiger partial charge is 0.306 e. The number of hydrogen-bond acceptors (Lipinski definition) is 3. The Balaban J connectivity index is 2.20. The predicted octanol–water partition coefficient (Wildman–Crippen LogP) is 3.87. The molecule has 0 aliphatic heterocycles. The maximum atomic E-state index is 12.1. The molecule has 96 valence electrons. The average Bonchev–Trinajstić information content (AvgIpc) is 2.83. The van der Waals surface area contributed by atoms with E-state index < -0.39 is 0 Å². The van der Waals surface area contributed by atoms with Crippen molar-refractivity contribution in [3.05, 3.63) is 50.6 Å². The summed E-state index contributed by atoms with van der Waals surface area (Å²) >= 11 is 7.42. The van der Waals surface area contributed by atoms with E-state index >= 15 is 0 Å². The first kappa shape index (κ1) is 12.4. The molecule has 1 aromatic carbocycles. The van der Waals surface area contributed by atoms with Crippen molar-refractivity contribution in [1.82, 2.24) is 9.97 Å². The van der Waals surface area contributed by atoms with Gasteiger partial charge in [0.25, 0.3) is 5.56 Å². The van der Waals surface area contributed by atoms with Crippen molar-refractivity contribution in [2.75, 3.05) is 0 Å². The lowest BCUT2D eigenvalue weighted by Gasteiger charge is -2.00. The first-order valence-corrected chi connectivity index (χ1v) is 7.15. The van der Waals surface area contributed by atoms with Gasteiger partial charge in [0.1, 0.15) is 10.7 Å². The molecular weight excluding hydrogens is 280 g/mol. The SMILES string of the molecule is CCc1cc2c(=O)[nH]c(-c3ccc(Cl)cc3)nc2s1. The fraction of sp³-hybridized carbons (Fsp3) is 0.143. The fourth-order valence-electron chi connectivity index (χ4n) is 1.90. The van der Waals surface area contributed by atoms with E-state index in [4.69, 9.17) is 11.6 Å². The van der Waals surface area contributed by atoms with E-state index in [1.165, 1.54) is 4.88 Å². The number of nitrogens with zero attached hydrogens (tertiary/aromatic N) is 1. The van der Waals surface area contributed by atoms with Gasteiger partial charge in [-0.2, -0.15) is 0 Å². The number of benzene rings is 1. The molecule has 3 rings (SSSR count). The van der Waals surface area contributed by atoms with Crippen molar-refractivity contribution in [1.29, 1.82) is 0 Å². The van der Waals surface area contributed by atoms with Crippen LogP contribution in [0, 0.1) is 0 Å². The maximum Gasteiger partial charge on any atom is 0.259 e. The number of halogens is 1. The number of fused-ring (bicyclic) bond motifs is 1. The highest BCUT2D eigenvalue weighted by Crippen LogP contribution is 2.24. The molecule has 0 atom stereocenters. The van der Waals surface area contributed by atoms with Crippen LogP contribution in [0.2, 0.25) is 5.02 Å². The smallest absolute Gasteiger partial charge is 0.259 e. The molecule has 0 spiro atoms. The second kappa shape index (κ2) is 4.79. The molecular formula is C14H11ClN2OS. The average molecular weight is 291 g/mol. The number of H-pyrrole nitrogens is 1. The minimum Gasteiger partial charge on any atom is -0.306 e. The van der Waals surface area contributed by atoms with Crippen LogP contribution in [0.4, 0.5) is 0 Å². The summed E-state index contributed by atoms with van der Waals surface area (Å²) < 4.78 is 0. The zero-order valence-electron chi connectivity index (χ0n) is 10.2. The van der Waals surface area contributed by atoms with E-state index in [0.717, 1.165) is 16.8 Å². The quantitative estimate of drug-likeness (QED) is 0.779. The molecule has 0 saturated heterocycles. The molecule has 1 N–H and O–H groups in total. The molecule has 0 fully saturated rings. The first-order valence-electron chi connectivity index (χ1n) is 5.96. The number of aryl methyl sites for hydroxylation is 1. The fourth-order valence-corrected chi connectivity index (χ4v) is 2.99. The molecule has 0 unspecified atom stereocenters. The molecule has 5 heteroatoms. The Labute approximate surface area is 118 Å². The third kappa shape index (κ3) is 2.29. The van der Waals surface area contributed by atoms with Gasteiger partial charge in [0.15, 0.2) is 0 Å². The molecule has 0 amide bonds. The molecule has 3 aromatic rings. The summed E-state index contributed by atoms with van der Waals surface area (Å²) in [6.45, 7) is 2.07. The summed E-state index contributed by atoms with van der Waals surface area (Å²) in [5.41, 5.74) is 0.765. The van der Waals surface area contributed by atoms with Gasteiger partial charge in [-0.1, -0.05) is 18.5 Å². The van der Waals surface area contributed by atoms with E-state index in [2.05, 4.69) is 16.9 Å². The van der Waals surface area contributed by atoms with Crippen molar-refractivity contribution in [3.8, 4) is 11.4 Å². The summed E-state index contributed by atoms with van der Waals surface area (Å²) in [7, 11) is 0. The predicted molar refractivity (Wildman–Crippen MR) is 80.1 cm³/mol. The van der Waals surface area contributed by atoms with Gasteiger partial charge in [-0.25, -0.2) is 4.98 Å². The Bertz CT molecular complexity index is 789. The van der Waals surface area contributed by atoms with Crippen LogP contribution in [0.1, 0.15) is 11.8 Å². The lowest BCUT2D eigenvalue weighted by atomic mass is 10.2. The molecule has 0 bridgehead atoms. The van der Waals surface area contributed by atoms with Crippen LogP contribution in [0.5, 0.6) is 0 Å². The summed E-state index contributed by atoms with van der Waals surface area (Å²) in [5, 5.41) is 1.33. The summed E-state index contributed by atoms with van der Waals surface area (Å²) in [5.74, 6) is 0.582. The van der Waals surface area contributed by atoms with E-state index in [1.807, 2.05) is 18.2 Å². The van der Waals surface area contributed by atoms with Crippen LogP contribution >= 0.6 is 22.9 Å². The number of hydrogen-bond donors (Lipinski definition) is 1. The van der Waals surface area contributed by atoms with Gasteiger partial charge in [-0.3, -0.25) is 4.79 Å². The molecule has 0 saturated carbocycles. The highest BCUT2D eigenvalue weighted by atomic mass is 35.5. The molecule has 0 aliphatic carbocycles. The van der Waals surface area contributed by atoms with E-state index in [0.29, 0.717) is 16.2 Å². The van der Waals surface area contributed by atoms with Crippen LogP contribution in [0.25, 0.3) is 21.6 Å². The minimum atomic E-state index is -0.0918. The summed E-state index contributed by atoms with van der Waals surface area (Å²) in [6, 6.07) is 9.18. The van der Waals surface area contributed by atoms with Crippen molar-refractivity contribution in [3.63, 3.8) is 0 Å². The topological polar surface area (TPSA) is 45.8 Å². The highest BCUT2D eigenvalue weighted by Gasteiger charge is 2.09. The first-order chi connectivity index (χ1) is 9.17. The third-order valence-electron chi connectivity index (χ3n) is 2.92. The van der Waals surface area contributed by atoms with Crippen molar-refractivity contribution >= 4 is 33.2 Å². The van der Waals surface area contributed by atoms with Crippen LogP contribution in [0.3, 0.4) is 0 Å². The number of aromatic nitrogens is 2. The number of thiophene rings is 1.